The van der Waals surface area contributed by atoms with Gasteiger partial charge in [-0.1, -0.05) is 42.5 Å². The maximum Gasteiger partial charge on any atom is 0.343 e. The molecule has 10 nitrogen and oxygen atoms in total. The number of rotatable bonds is 6. The number of nitrogens with zero attached hydrogens (tertiary/aromatic N) is 6. The summed E-state index contributed by atoms with van der Waals surface area (Å²) in [5, 5.41) is 18.1. The van der Waals surface area contributed by atoms with Crippen molar-refractivity contribution in [1.29, 1.82) is 0 Å². The number of aromatic nitrogens is 6. The zero-order chi connectivity index (χ0) is 30.2. The Balaban J connectivity index is 1.14. The van der Waals surface area contributed by atoms with Crippen LogP contribution in [-0.4, -0.2) is 41.9 Å². The standard InChI is InChI=1S/C34H24N6O4/c1-21-14-16-31(29(18-21)39-35-25-10-3-4-11-26(25)36-39)43-33(41)23-8-7-9-24(20-23)34(42)44-32-17-15-22(2)19-30(32)40-37-27-12-5-6-13-28(27)38-40/h3-20H,1-2H3. The Morgan fingerprint density at radius 3 is 1.27 bits per heavy atom. The Hall–Kier alpha value is -6.16. The van der Waals surface area contributed by atoms with E-state index in [0.717, 1.165) is 11.1 Å². The van der Waals surface area contributed by atoms with Crippen molar-refractivity contribution in [3.05, 3.63) is 131 Å². The second kappa shape index (κ2) is 10.9. The Bertz CT molecular complexity index is 2000. The molecule has 0 atom stereocenters. The van der Waals surface area contributed by atoms with Gasteiger partial charge in [-0.2, -0.15) is 0 Å². The first kappa shape index (κ1) is 26.7. The van der Waals surface area contributed by atoms with Crippen LogP contribution in [0.4, 0.5) is 0 Å². The van der Waals surface area contributed by atoms with Gasteiger partial charge in [0.15, 0.2) is 11.5 Å². The van der Waals surface area contributed by atoms with Crippen LogP contribution in [0.25, 0.3) is 33.4 Å². The molecule has 2 heterocycles. The molecule has 7 rings (SSSR count). The van der Waals surface area contributed by atoms with Crippen LogP contribution in [0.1, 0.15) is 31.8 Å². The molecule has 10 heteroatoms. The van der Waals surface area contributed by atoms with Crippen molar-refractivity contribution >= 4 is 34.0 Å². The number of hydrogen-bond donors (Lipinski definition) is 0. The predicted molar refractivity (Wildman–Crippen MR) is 164 cm³/mol. The number of carbonyl (C=O) groups is 2. The molecule has 44 heavy (non-hydrogen) atoms. The largest absolute Gasteiger partial charge is 0.421 e. The average Bonchev–Trinajstić information content (AvgIpc) is 3.67. The Morgan fingerprint density at radius 1 is 0.500 bits per heavy atom. The van der Waals surface area contributed by atoms with E-state index in [1.54, 1.807) is 30.3 Å². The summed E-state index contributed by atoms with van der Waals surface area (Å²) < 4.78 is 11.6. The van der Waals surface area contributed by atoms with Gasteiger partial charge < -0.3 is 9.47 Å². The highest BCUT2D eigenvalue weighted by atomic mass is 16.5. The lowest BCUT2D eigenvalue weighted by atomic mass is 10.1. The first-order valence-electron chi connectivity index (χ1n) is 13.8. The van der Waals surface area contributed by atoms with Gasteiger partial charge in [0.1, 0.15) is 33.4 Å². The molecule has 0 aliphatic carbocycles. The third kappa shape index (κ3) is 5.16. The van der Waals surface area contributed by atoms with Gasteiger partial charge >= 0.3 is 11.9 Å². The van der Waals surface area contributed by atoms with Gasteiger partial charge in [0.25, 0.3) is 0 Å². The molecule has 7 aromatic rings. The molecule has 5 aromatic carbocycles. The Kier molecular flexibility index (Phi) is 6.63. The van der Waals surface area contributed by atoms with Gasteiger partial charge in [0.05, 0.1) is 11.1 Å². The van der Waals surface area contributed by atoms with E-state index in [4.69, 9.17) is 9.47 Å². The molecule has 214 valence electrons. The fourth-order valence-corrected chi connectivity index (χ4v) is 4.77. The van der Waals surface area contributed by atoms with Crippen LogP contribution in [0, 0.1) is 13.8 Å². The number of fused-ring (bicyclic) bond motifs is 2. The number of carbonyl (C=O) groups excluding carboxylic acids is 2. The van der Waals surface area contributed by atoms with Gasteiger partial charge in [-0.25, -0.2) is 9.59 Å². The van der Waals surface area contributed by atoms with Crippen molar-refractivity contribution < 1.29 is 19.1 Å². The first-order valence-corrected chi connectivity index (χ1v) is 13.8. The number of ether oxygens (including phenoxy) is 2. The van der Waals surface area contributed by atoms with Crippen molar-refractivity contribution in [3.63, 3.8) is 0 Å². The second-order valence-electron chi connectivity index (χ2n) is 10.3. The molecular formula is C34H24N6O4. The summed E-state index contributed by atoms with van der Waals surface area (Å²) in [5.74, 6) is -0.746. The van der Waals surface area contributed by atoms with Crippen LogP contribution >= 0.6 is 0 Å². The molecule has 0 saturated heterocycles. The van der Waals surface area contributed by atoms with E-state index in [9.17, 15) is 9.59 Å². The molecule has 0 saturated carbocycles. The van der Waals surface area contributed by atoms with Crippen molar-refractivity contribution in [2.75, 3.05) is 0 Å². The molecular weight excluding hydrogens is 556 g/mol. The van der Waals surface area contributed by atoms with E-state index in [-0.39, 0.29) is 22.6 Å². The molecule has 0 bridgehead atoms. The van der Waals surface area contributed by atoms with Gasteiger partial charge in [0, 0.05) is 0 Å². The number of hydrogen-bond acceptors (Lipinski definition) is 8. The van der Waals surface area contributed by atoms with Crippen molar-refractivity contribution in [3.8, 4) is 22.9 Å². The van der Waals surface area contributed by atoms with Gasteiger partial charge in [0.2, 0.25) is 0 Å². The third-order valence-corrected chi connectivity index (χ3v) is 6.97. The molecule has 0 aliphatic heterocycles. The van der Waals surface area contributed by atoms with Crippen LogP contribution in [0.2, 0.25) is 0 Å². The van der Waals surface area contributed by atoms with Gasteiger partial charge in [-0.05, 0) is 91.7 Å². The van der Waals surface area contributed by atoms with Crippen molar-refractivity contribution in [2.24, 2.45) is 0 Å². The molecule has 0 radical (unpaired) electrons. The minimum absolute atomic E-state index is 0.175. The van der Waals surface area contributed by atoms with Crippen LogP contribution in [0.3, 0.4) is 0 Å². The lowest BCUT2D eigenvalue weighted by molar-refractivity contribution is 0.0734. The minimum Gasteiger partial charge on any atom is -0.421 e. The normalized spacial score (nSPS) is 11.1. The van der Waals surface area contributed by atoms with E-state index < -0.39 is 11.9 Å². The molecule has 0 aliphatic rings. The molecule has 2 aromatic heterocycles. The molecule has 0 spiro atoms. The third-order valence-electron chi connectivity index (χ3n) is 6.97. The fourth-order valence-electron chi connectivity index (χ4n) is 4.77. The summed E-state index contributed by atoms with van der Waals surface area (Å²) in [6.45, 7) is 3.86. The Labute approximate surface area is 251 Å². The molecule has 0 N–H and O–H groups in total. The first-order chi connectivity index (χ1) is 21.4. The van der Waals surface area contributed by atoms with Crippen LogP contribution in [0.5, 0.6) is 11.5 Å². The smallest absolute Gasteiger partial charge is 0.343 e. The number of aryl methyl sites for hydroxylation is 2. The summed E-state index contributed by atoms with van der Waals surface area (Å²) in [4.78, 5) is 29.5. The maximum absolute atomic E-state index is 13.3. The molecule has 0 amide bonds. The maximum atomic E-state index is 13.3. The van der Waals surface area contributed by atoms with E-state index in [2.05, 4.69) is 20.4 Å². The van der Waals surface area contributed by atoms with Gasteiger partial charge in [-0.3, -0.25) is 0 Å². The topological polar surface area (TPSA) is 114 Å². The summed E-state index contributed by atoms with van der Waals surface area (Å²) in [7, 11) is 0. The second-order valence-corrected chi connectivity index (χ2v) is 10.3. The zero-order valence-electron chi connectivity index (χ0n) is 23.7. The predicted octanol–water partition coefficient (Wildman–Crippen LogP) is 6.21. The Morgan fingerprint density at radius 2 is 0.886 bits per heavy atom. The molecule has 0 unspecified atom stereocenters. The fraction of sp³-hybridized carbons (Fsp3) is 0.0588. The highest BCUT2D eigenvalue weighted by Gasteiger charge is 2.19. The zero-order valence-corrected chi connectivity index (χ0v) is 23.7. The average molecular weight is 581 g/mol. The highest BCUT2D eigenvalue weighted by molar-refractivity contribution is 5.97. The van der Waals surface area contributed by atoms with E-state index >= 15 is 0 Å². The van der Waals surface area contributed by atoms with Crippen molar-refractivity contribution in [2.45, 2.75) is 13.8 Å². The highest BCUT2D eigenvalue weighted by Crippen LogP contribution is 2.27. The minimum atomic E-state index is -0.648. The SMILES string of the molecule is Cc1ccc(OC(=O)c2cccc(C(=O)Oc3ccc(C)cc3-n3nc4ccccc4n3)c2)c(-n2nc3ccccc3n2)c1. The van der Waals surface area contributed by atoms with E-state index in [0.29, 0.717) is 33.4 Å². The lowest BCUT2D eigenvalue weighted by Gasteiger charge is -2.12. The van der Waals surface area contributed by atoms with E-state index in [1.165, 1.54) is 15.7 Å². The monoisotopic (exact) mass is 580 g/mol. The van der Waals surface area contributed by atoms with Gasteiger partial charge in [-0.15, -0.1) is 30.0 Å². The number of benzene rings is 5. The quantitative estimate of drug-likeness (QED) is 0.169. The summed E-state index contributed by atoms with van der Waals surface area (Å²) in [6, 6.07) is 31.9. The molecule has 0 fully saturated rings. The van der Waals surface area contributed by atoms with Crippen LogP contribution < -0.4 is 9.47 Å². The van der Waals surface area contributed by atoms with E-state index in [1.807, 2.05) is 86.6 Å². The number of esters is 2. The van der Waals surface area contributed by atoms with Crippen LogP contribution in [-0.2, 0) is 0 Å². The summed E-state index contributed by atoms with van der Waals surface area (Å²) in [5.41, 5.74) is 6.11. The lowest BCUT2D eigenvalue weighted by Crippen LogP contribution is -2.15. The summed E-state index contributed by atoms with van der Waals surface area (Å²) in [6.07, 6.45) is 0. The van der Waals surface area contributed by atoms with Crippen LogP contribution in [0.15, 0.2) is 109 Å². The van der Waals surface area contributed by atoms with Crippen molar-refractivity contribution in [1.82, 2.24) is 30.0 Å². The summed E-state index contributed by atoms with van der Waals surface area (Å²) >= 11 is 0.